The molecule has 0 heterocycles. The predicted octanol–water partition coefficient (Wildman–Crippen LogP) is 4.00. The van der Waals surface area contributed by atoms with Gasteiger partial charge in [-0.05, 0) is 55.5 Å². The molecule has 0 saturated heterocycles. The maximum atomic E-state index is 12.7. The molecule has 154 valence electrons. The number of benzene rings is 2. The summed E-state index contributed by atoms with van der Waals surface area (Å²) in [6, 6.07) is 13.2. The van der Waals surface area contributed by atoms with Gasteiger partial charge in [0.15, 0.2) is 11.5 Å². The van der Waals surface area contributed by atoms with E-state index < -0.39 is 0 Å². The lowest BCUT2D eigenvalue weighted by atomic mass is 9.81. The Bertz CT molecular complexity index is 862. The molecule has 29 heavy (non-hydrogen) atoms. The minimum absolute atomic E-state index is 0.00513. The summed E-state index contributed by atoms with van der Waals surface area (Å²) < 4.78 is 11.4. The quantitative estimate of drug-likeness (QED) is 0.628. The number of aryl methyl sites for hydroxylation is 1. The highest BCUT2D eigenvalue weighted by Gasteiger charge is 2.37. The first kappa shape index (κ1) is 20.7. The molecule has 1 aliphatic rings. The lowest BCUT2D eigenvalue weighted by Gasteiger charge is -2.35. The average Bonchev–Trinajstić information content (AvgIpc) is 2.69. The highest BCUT2D eigenvalue weighted by molar-refractivity contribution is 5.81. The Kier molecular flexibility index (Phi) is 6.75. The summed E-state index contributed by atoms with van der Waals surface area (Å²) in [7, 11) is 1.62. The first-order chi connectivity index (χ1) is 14.0. The van der Waals surface area contributed by atoms with E-state index in [-0.39, 0.29) is 24.0 Å². The molecule has 0 aromatic heterocycles. The van der Waals surface area contributed by atoms with Crippen LogP contribution in [0.5, 0.6) is 11.5 Å². The van der Waals surface area contributed by atoms with Crippen LogP contribution < -0.4 is 20.1 Å². The van der Waals surface area contributed by atoms with Gasteiger partial charge in [-0.25, -0.2) is 0 Å². The zero-order valence-electron chi connectivity index (χ0n) is 17.1. The van der Waals surface area contributed by atoms with Gasteiger partial charge in [0.25, 0.3) is 0 Å². The number of hydrogen-bond donors (Lipinski definition) is 2. The van der Waals surface area contributed by atoms with Gasteiger partial charge in [-0.1, -0.05) is 31.2 Å². The van der Waals surface area contributed by atoms with Gasteiger partial charge in [0.1, 0.15) is 6.10 Å². The molecule has 1 aliphatic carbocycles. The average molecular weight is 396 g/mol. The van der Waals surface area contributed by atoms with Gasteiger partial charge < -0.3 is 20.1 Å². The summed E-state index contributed by atoms with van der Waals surface area (Å²) in [6.07, 6.45) is 2.74. The van der Waals surface area contributed by atoms with E-state index in [0.717, 1.165) is 29.0 Å². The van der Waals surface area contributed by atoms with Crippen LogP contribution in [0.4, 0.5) is 5.69 Å². The first-order valence-corrected chi connectivity index (χ1v) is 9.96. The van der Waals surface area contributed by atoms with E-state index in [2.05, 4.69) is 10.6 Å². The summed E-state index contributed by atoms with van der Waals surface area (Å²) in [5.41, 5.74) is 2.73. The van der Waals surface area contributed by atoms with Gasteiger partial charge in [-0.2, -0.15) is 0 Å². The lowest BCUT2D eigenvalue weighted by Crippen LogP contribution is -2.44. The molecule has 1 atom stereocenters. The van der Waals surface area contributed by atoms with E-state index in [1.54, 1.807) is 7.11 Å². The molecule has 0 bridgehead atoms. The second-order valence-corrected chi connectivity index (χ2v) is 7.38. The topological polar surface area (TPSA) is 76.7 Å². The van der Waals surface area contributed by atoms with E-state index in [9.17, 15) is 9.59 Å². The molecule has 2 amide bonds. The maximum Gasteiger partial charge on any atom is 0.223 e. The van der Waals surface area contributed by atoms with Gasteiger partial charge in [0.05, 0.1) is 13.2 Å². The van der Waals surface area contributed by atoms with Crippen LogP contribution in [0.25, 0.3) is 0 Å². The molecule has 2 aromatic carbocycles. The zero-order valence-corrected chi connectivity index (χ0v) is 17.1. The molecule has 0 radical (unpaired) electrons. The van der Waals surface area contributed by atoms with Crippen LogP contribution >= 0.6 is 0 Å². The summed E-state index contributed by atoms with van der Waals surface area (Å²) in [5.74, 6) is 1.37. The molecule has 2 aromatic rings. The lowest BCUT2D eigenvalue weighted by molar-refractivity contribution is -0.131. The number of methoxy groups -OCH3 is 1. The Morgan fingerprint density at radius 2 is 1.97 bits per heavy atom. The van der Waals surface area contributed by atoms with Gasteiger partial charge in [0.2, 0.25) is 12.3 Å². The summed E-state index contributed by atoms with van der Waals surface area (Å²) in [6.45, 7) is 4.02. The van der Waals surface area contributed by atoms with E-state index in [1.165, 1.54) is 0 Å². The Hall–Kier alpha value is -3.02. The fourth-order valence-corrected chi connectivity index (χ4v) is 3.62. The number of para-hydroxylation sites is 1. The maximum absolute atomic E-state index is 12.7. The van der Waals surface area contributed by atoms with Crippen molar-refractivity contribution >= 4 is 18.0 Å². The Morgan fingerprint density at radius 3 is 2.66 bits per heavy atom. The summed E-state index contributed by atoms with van der Waals surface area (Å²) >= 11 is 0. The number of ether oxygens (including phenoxy) is 2. The van der Waals surface area contributed by atoms with Crippen molar-refractivity contribution in [1.29, 1.82) is 0 Å². The van der Waals surface area contributed by atoms with Gasteiger partial charge in [0, 0.05) is 11.6 Å². The van der Waals surface area contributed by atoms with Crippen molar-refractivity contribution in [1.82, 2.24) is 5.32 Å². The standard InChI is InChI=1S/C23H28N2O4/c1-4-19(18-7-5-6-8-20(18)24-14-26)25-23(27)16-12-17(13-16)29-22-11-15(2)9-10-21(22)28-3/h5-11,14,16-17,19H,4,12-13H2,1-3H3,(H,24,26)(H,25,27). The zero-order chi connectivity index (χ0) is 20.8. The van der Waals surface area contributed by atoms with Crippen LogP contribution in [0.2, 0.25) is 0 Å². The van der Waals surface area contributed by atoms with E-state index >= 15 is 0 Å². The Morgan fingerprint density at radius 1 is 1.21 bits per heavy atom. The van der Waals surface area contributed by atoms with E-state index in [4.69, 9.17) is 9.47 Å². The highest BCUT2D eigenvalue weighted by Crippen LogP contribution is 2.36. The monoisotopic (exact) mass is 396 g/mol. The number of nitrogens with one attached hydrogen (secondary N) is 2. The number of carbonyl (C=O) groups excluding carboxylic acids is 2. The first-order valence-electron chi connectivity index (χ1n) is 9.96. The van der Waals surface area contributed by atoms with Crippen molar-refractivity contribution in [2.75, 3.05) is 12.4 Å². The van der Waals surface area contributed by atoms with Crippen molar-refractivity contribution in [2.45, 2.75) is 45.3 Å². The van der Waals surface area contributed by atoms with Crippen LogP contribution in [-0.2, 0) is 9.59 Å². The molecular formula is C23H28N2O4. The third kappa shape index (κ3) is 4.88. The number of anilines is 1. The number of rotatable bonds is 9. The minimum Gasteiger partial charge on any atom is -0.493 e. The summed E-state index contributed by atoms with van der Waals surface area (Å²) in [5, 5.41) is 5.83. The number of carbonyl (C=O) groups is 2. The van der Waals surface area contributed by atoms with Crippen molar-refractivity contribution in [3.8, 4) is 11.5 Å². The van der Waals surface area contributed by atoms with Gasteiger partial charge in [-0.15, -0.1) is 0 Å². The second-order valence-electron chi connectivity index (χ2n) is 7.38. The SMILES string of the molecule is CCC(NC(=O)C1CC(Oc2cc(C)ccc2OC)C1)c1ccccc1NC=O. The van der Waals surface area contributed by atoms with Crippen LogP contribution in [0.15, 0.2) is 42.5 Å². The highest BCUT2D eigenvalue weighted by atomic mass is 16.5. The number of amides is 2. The third-order valence-corrected chi connectivity index (χ3v) is 5.35. The van der Waals surface area contributed by atoms with Crippen molar-refractivity contribution in [3.63, 3.8) is 0 Å². The van der Waals surface area contributed by atoms with E-state index in [1.807, 2.05) is 56.3 Å². The summed E-state index contributed by atoms with van der Waals surface area (Å²) in [4.78, 5) is 23.6. The number of hydrogen-bond acceptors (Lipinski definition) is 4. The van der Waals surface area contributed by atoms with Crippen LogP contribution in [0, 0.1) is 12.8 Å². The Labute approximate surface area is 171 Å². The van der Waals surface area contributed by atoms with Gasteiger partial charge >= 0.3 is 0 Å². The molecule has 2 N–H and O–H groups in total. The third-order valence-electron chi connectivity index (χ3n) is 5.35. The molecule has 1 fully saturated rings. The molecule has 6 heteroatoms. The molecule has 1 saturated carbocycles. The normalized spacial score (nSPS) is 18.9. The molecule has 0 spiro atoms. The molecule has 6 nitrogen and oxygen atoms in total. The van der Waals surface area contributed by atoms with Gasteiger partial charge in [-0.3, -0.25) is 9.59 Å². The van der Waals surface area contributed by atoms with Crippen LogP contribution in [0.1, 0.15) is 43.4 Å². The largest absolute Gasteiger partial charge is 0.493 e. The fraction of sp³-hybridized carbons (Fsp3) is 0.391. The van der Waals surface area contributed by atoms with Crippen molar-refractivity contribution < 1.29 is 19.1 Å². The van der Waals surface area contributed by atoms with Crippen LogP contribution in [-0.4, -0.2) is 25.5 Å². The second kappa shape index (κ2) is 9.45. The molecule has 3 rings (SSSR count). The molecule has 1 unspecified atom stereocenters. The van der Waals surface area contributed by atoms with E-state index in [0.29, 0.717) is 25.0 Å². The Balaban J connectivity index is 1.58. The fourth-order valence-electron chi connectivity index (χ4n) is 3.62. The predicted molar refractivity (Wildman–Crippen MR) is 112 cm³/mol. The smallest absolute Gasteiger partial charge is 0.223 e. The minimum atomic E-state index is -0.150. The molecule has 0 aliphatic heterocycles. The van der Waals surface area contributed by atoms with Crippen LogP contribution in [0.3, 0.4) is 0 Å². The van der Waals surface area contributed by atoms with Crippen molar-refractivity contribution in [3.05, 3.63) is 53.6 Å². The molecular weight excluding hydrogens is 368 g/mol. The van der Waals surface area contributed by atoms with Crippen molar-refractivity contribution in [2.24, 2.45) is 5.92 Å².